The highest BCUT2D eigenvalue weighted by Gasteiger charge is 2.19. The molecule has 7 heteroatoms. The summed E-state index contributed by atoms with van der Waals surface area (Å²) in [4.78, 5) is 26.8. The van der Waals surface area contributed by atoms with E-state index in [4.69, 9.17) is 16.3 Å². The van der Waals surface area contributed by atoms with Crippen LogP contribution in [0.3, 0.4) is 0 Å². The highest BCUT2D eigenvalue weighted by atomic mass is 127. The number of amides is 2. The van der Waals surface area contributed by atoms with E-state index in [1.54, 1.807) is 47.4 Å². The molecule has 25 heavy (non-hydrogen) atoms. The van der Waals surface area contributed by atoms with Crippen molar-refractivity contribution in [1.29, 1.82) is 0 Å². The fourth-order valence-corrected chi connectivity index (χ4v) is 3.30. The molecule has 1 aliphatic heterocycles. The molecule has 3 rings (SSSR count). The van der Waals surface area contributed by atoms with Crippen molar-refractivity contribution < 1.29 is 14.3 Å². The zero-order valence-electron chi connectivity index (χ0n) is 13.3. The summed E-state index contributed by atoms with van der Waals surface area (Å²) in [5.74, 6) is -0.320. The number of ether oxygens (including phenoxy) is 1. The Bertz CT molecular complexity index is 807. The van der Waals surface area contributed by atoms with E-state index in [2.05, 4.69) is 27.9 Å². The summed E-state index contributed by atoms with van der Waals surface area (Å²) in [5.41, 5.74) is 1.61. The second kappa shape index (κ2) is 8.16. The van der Waals surface area contributed by atoms with Gasteiger partial charge in [0.05, 0.1) is 18.8 Å². The Morgan fingerprint density at radius 1 is 1.12 bits per heavy atom. The van der Waals surface area contributed by atoms with Crippen molar-refractivity contribution in [3.8, 4) is 0 Å². The average molecular weight is 471 g/mol. The molecule has 1 aliphatic rings. The van der Waals surface area contributed by atoms with E-state index in [0.29, 0.717) is 48.1 Å². The maximum Gasteiger partial charge on any atom is 0.256 e. The van der Waals surface area contributed by atoms with Crippen LogP contribution in [0.5, 0.6) is 0 Å². The van der Waals surface area contributed by atoms with Gasteiger partial charge in [0.1, 0.15) is 0 Å². The highest BCUT2D eigenvalue weighted by Crippen LogP contribution is 2.20. The lowest BCUT2D eigenvalue weighted by atomic mass is 10.1. The van der Waals surface area contributed by atoms with Crippen molar-refractivity contribution >= 4 is 51.7 Å². The van der Waals surface area contributed by atoms with Crippen LogP contribution in [-0.2, 0) is 4.74 Å². The van der Waals surface area contributed by atoms with Crippen LogP contribution in [0.2, 0.25) is 5.02 Å². The smallest absolute Gasteiger partial charge is 0.256 e. The van der Waals surface area contributed by atoms with Crippen molar-refractivity contribution in [3.63, 3.8) is 0 Å². The molecular weight excluding hydrogens is 455 g/mol. The number of rotatable bonds is 3. The molecule has 0 aromatic heterocycles. The number of carbonyl (C=O) groups is 2. The van der Waals surface area contributed by atoms with Crippen LogP contribution in [-0.4, -0.2) is 43.0 Å². The number of halogens is 2. The molecule has 1 saturated heterocycles. The summed E-state index contributed by atoms with van der Waals surface area (Å²) in [7, 11) is 0. The van der Waals surface area contributed by atoms with Gasteiger partial charge in [-0.2, -0.15) is 0 Å². The first-order valence-electron chi connectivity index (χ1n) is 7.78. The van der Waals surface area contributed by atoms with E-state index < -0.39 is 0 Å². The van der Waals surface area contributed by atoms with Crippen LogP contribution in [0.25, 0.3) is 0 Å². The van der Waals surface area contributed by atoms with Crippen molar-refractivity contribution in [2.75, 3.05) is 31.6 Å². The van der Waals surface area contributed by atoms with E-state index in [0.717, 1.165) is 3.57 Å². The fraction of sp³-hybridized carbons (Fsp3) is 0.222. The number of nitrogens with one attached hydrogen (secondary N) is 1. The van der Waals surface area contributed by atoms with Gasteiger partial charge < -0.3 is 15.0 Å². The number of hydrogen-bond acceptors (Lipinski definition) is 3. The molecule has 0 unspecified atom stereocenters. The molecule has 0 radical (unpaired) electrons. The Morgan fingerprint density at radius 2 is 1.88 bits per heavy atom. The van der Waals surface area contributed by atoms with Crippen molar-refractivity contribution in [3.05, 3.63) is 62.2 Å². The van der Waals surface area contributed by atoms with E-state index in [9.17, 15) is 9.59 Å². The van der Waals surface area contributed by atoms with Crippen molar-refractivity contribution in [1.82, 2.24) is 4.90 Å². The monoisotopic (exact) mass is 470 g/mol. The Morgan fingerprint density at radius 3 is 2.64 bits per heavy atom. The fourth-order valence-electron chi connectivity index (χ4n) is 2.55. The van der Waals surface area contributed by atoms with Crippen molar-refractivity contribution in [2.45, 2.75) is 0 Å². The van der Waals surface area contributed by atoms with E-state index in [-0.39, 0.29) is 11.8 Å². The minimum absolute atomic E-state index is 0.0586. The molecule has 2 aromatic rings. The number of morpholine rings is 1. The Labute approximate surface area is 164 Å². The number of anilines is 1. The van der Waals surface area contributed by atoms with Gasteiger partial charge in [0.2, 0.25) is 0 Å². The normalized spacial score (nSPS) is 14.2. The van der Waals surface area contributed by atoms with Crippen molar-refractivity contribution in [2.24, 2.45) is 0 Å². The van der Waals surface area contributed by atoms with Crippen LogP contribution in [0.1, 0.15) is 20.7 Å². The molecule has 0 aliphatic carbocycles. The summed E-state index contributed by atoms with van der Waals surface area (Å²) >= 11 is 8.06. The zero-order chi connectivity index (χ0) is 17.8. The van der Waals surface area contributed by atoms with Crippen LogP contribution < -0.4 is 5.32 Å². The molecule has 2 aromatic carbocycles. The molecule has 130 valence electrons. The Balaban J connectivity index is 1.76. The standard InChI is InChI=1S/C18H16ClIN2O3/c19-13-4-5-16(20)15(11-13)17(23)21-14-3-1-2-12(10-14)18(24)22-6-8-25-9-7-22/h1-5,10-11H,6-9H2,(H,21,23). The lowest BCUT2D eigenvalue weighted by molar-refractivity contribution is 0.0303. The molecule has 2 amide bonds. The van der Waals surface area contributed by atoms with Crippen LogP contribution in [0.4, 0.5) is 5.69 Å². The number of hydrogen-bond donors (Lipinski definition) is 1. The zero-order valence-corrected chi connectivity index (χ0v) is 16.2. The van der Waals surface area contributed by atoms with Gasteiger partial charge in [-0.05, 0) is 59.0 Å². The van der Waals surface area contributed by atoms with Gasteiger partial charge in [0, 0.05) is 32.9 Å². The quantitative estimate of drug-likeness (QED) is 0.697. The third kappa shape index (κ3) is 4.50. The predicted molar refractivity (Wildman–Crippen MR) is 105 cm³/mol. The first-order chi connectivity index (χ1) is 12.0. The van der Waals surface area contributed by atoms with Gasteiger partial charge in [0.25, 0.3) is 11.8 Å². The largest absolute Gasteiger partial charge is 0.378 e. The maximum absolute atomic E-state index is 12.5. The molecule has 0 saturated carbocycles. The molecule has 0 spiro atoms. The van der Waals surface area contributed by atoms with Gasteiger partial charge in [-0.1, -0.05) is 17.7 Å². The van der Waals surface area contributed by atoms with Crippen LogP contribution in [0.15, 0.2) is 42.5 Å². The molecule has 0 bridgehead atoms. The van der Waals surface area contributed by atoms with Crippen LogP contribution in [0, 0.1) is 3.57 Å². The van der Waals surface area contributed by atoms with E-state index in [1.165, 1.54) is 0 Å². The highest BCUT2D eigenvalue weighted by molar-refractivity contribution is 14.1. The average Bonchev–Trinajstić information content (AvgIpc) is 2.64. The number of benzene rings is 2. The Hall–Kier alpha value is -1.64. The third-order valence-electron chi connectivity index (χ3n) is 3.84. The summed E-state index contributed by atoms with van der Waals surface area (Å²) < 4.78 is 6.08. The predicted octanol–water partition coefficient (Wildman–Crippen LogP) is 3.67. The number of nitrogens with zero attached hydrogens (tertiary/aromatic N) is 1. The Kier molecular flexibility index (Phi) is 5.93. The maximum atomic E-state index is 12.5. The summed E-state index contributed by atoms with van der Waals surface area (Å²) in [6, 6.07) is 12.1. The summed E-state index contributed by atoms with van der Waals surface area (Å²) in [6.07, 6.45) is 0. The minimum atomic E-state index is -0.261. The molecule has 1 fully saturated rings. The van der Waals surface area contributed by atoms with E-state index >= 15 is 0 Å². The first kappa shape index (κ1) is 18.2. The lowest BCUT2D eigenvalue weighted by Gasteiger charge is -2.27. The van der Waals surface area contributed by atoms with Crippen LogP contribution >= 0.6 is 34.2 Å². The van der Waals surface area contributed by atoms with Gasteiger partial charge in [-0.3, -0.25) is 9.59 Å². The summed E-state index contributed by atoms with van der Waals surface area (Å²) in [6.45, 7) is 2.26. The minimum Gasteiger partial charge on any atom is -0.378 e. The summed E-state index contributed by atoms with van der Waals surface area (Å²) in [5, 5.41) is 3.33. The van der Waals surface area contributed by atoms with Gasteiger partial charge in [0.15, 0.2) is 0 Å². The first-order valence-corrected chi connectivity index (χ1v) is 9.24. The molecule has 1 N–H and O–H groups in total. The van der Waals surface area contributed by atoms with E-state index in [1.807, 2.05) is 0 Å². The second-order valence-corrected chi connectivity index (χ2v) is 7.16. The lowest BCUT2D eigenvalue weighted by Crippen LogP contribution is -2.40. The number of carbonyl (C=O) groups excluding carboxylic acids is 2. The molecule has 1 heterocycles. The molecular formula is C18H16ClIN2O3. The van der Waals surface area contributed by atoms with Gasteiger partial charge in [-0.15, -0.1) is 0 Å². The molecule has 5 nitrogen and oxygen atoms in total. The second-order valence-electron chi connectivity index (χ2n) is 5.56. The topological polar surface area (TPSA) is 58.6 Å². The van der Waals surface area contributed by atoms with Gasteiger partial charge in [-0.25, -0.2) is 0 Å². The third-order valence-corrected chi connectivity index (χ3v) is 5.01. The molecule has 0 atom stereocenters. The van der Waals surface area contributed by atoms with Gasteiger partial charge >= 0.3 is 0 Å². The SMILES string of the molecule is O=C(Nc1cccc(C(=O)N2CCOCC2)c1)c1cc(Cl)ccc1I.